The molecule has 22 heavy (non-hydrogen) atoms. The number of nitrogens with two attached hydrogens (primary N) is 1. The summed E-state index contributed by atoms with van der Waals surface area (Å²) < 4.78 is 2.68. The van der Waals surface area contributed by atoms with Crippen molar-refractivity contribution in [2.45, 2.75) is 31.2 Å². The van der Waals surface area contributed by atoms with Crippen molar-refractivity contribution in [1.82, 2.24) is 14.7 Å². The van der Waals surface area contributed by atoms with Crippen LogP contribution in [-0.2, 0) is 5.41 Å². The maximum Gasteiger partial charge on any atom is 0.264 e. The van der Waals surface area contributed by atoms with Gasteiger partial charge in [0, 0.05) is 23.1 Å². The topological polar surface area (TPSA) is 80.9 Å². The van der Waals surface area contributed by atoms with Crippen LogP contribution in [-0.4, -0.2) is 15.9 Å². The molecule has 0 spiro atoms. The molecule has 116 valence electrons. The van der Waals surface area contributed by atoms with E-state index in [0.717, 1.165) is 17.6 Å². The second kappa shape index (κ2) is 6.54. The first-order chi connectivity index (χ1) is 10.3. The molecule has 0 radical (unpaired) electrons. The molecule has 2 heterocycles. The van der Waals surface area contributed by atoms with Gasteiger partial charge in [0.2, 0.25) is 0 Å². The summed E-state index contributed by atoms with van der Waals surface area (Å²) in [6, 6.07) is 8.69. The van der Waals surface area contributed by atoms with E-state index in [1.807, 2.05) is 26.8 Å². The predicted molar refractivity (Wildman–Crippen MR) is 89.9 cm³/mol. The van der Waals surface area contributed by atoms with E-state index in [-0.39, 0.29) is 16.5 Å². The molecule has 0 aliphatic heterocycles. The molecule has 0 atom stereocenters. The Hall–Kier alpha value is -1.79. The molecule has 0 bridgehead atoms. The zero-order valence-corrected chi connectivity index (χ0v) is 14.1. The summed E-state index contributed by atoms with van der Waals surface area (Å²) >= 11 is 7.20. The Balaban J connectivity index is 2.10. The number of rotatable bonds is 3. The molecule has 0 aliphatic carbocycles. The number of carbonyl (C=O) groups excluding carboxylic acids is 1. The van der Waals surface area contributed by atoms with Gasteiger partial charge in [0.05, 0.1) is 5.56 Å². The van der Waals surface area contributed by atoms with Crippen LogP contribution in [0.1, 0.15) is 36.8 Å². The van der Waals surface area contributed by atoms with Crippen LogP contribution in [0.2, 0.25) is 5.15 Å². The number of hydrogen-bond donors (Lipinski definition) is 2. The quantitative estimate of drug-likeness (QED) is 0.662. The number of nitrogens with zero attached hydrogens (tertiary/aromatic N) is 2. The van der Waals surface area contributed by atoms with Crippen molar-refractivity contribution < 1.29 is 4.79 Å². The van der Waals surface area contributed by atoms with Crippen LogP contribution in [0.3, 0.4) is 0 Å². The average molecular weight is 337 g/mol. The fourth-order valence-electron chi connectivity index (χ4n) is 1.66. The molecule has 2 rings (SSSR count). The fourth-order valence-corrected chi connectivity index (χ4v) is 2.51. The minimum absolute atomic E-state index is 0.126. The lowest BCUT2D eigenvalue weighted by molar-refractivity contribution is 0.0984. The first kappa shape index (κ1) is 16.6. The van der Waals surface area contributed by atoms with E-state index >= 15 is 0 Å². The van der Waals surface area contributed by atoms with Crippen molar-refractivity contribution in [3.8, 4) is 0 Å². The minimum Gasteiger partial charge on any atom is -0.384 e. The van der Waals surface area contributed by atoms with Crippen LogP contribution >= 0.6 is 23.5 Å². The summed E-state index contributed by atoms with van der Waals surface area (Å²) in [5, 5.41) is 0.787. The largest absolute Gasteiger partial charge is 0.384 e. The summed E-state index contributed by atoms with van der Waals surface area (Å²) in [4.78, 5) is 20.5. The number of anilines is 1. The zero-order chi connectivity index (χ0) is 16.3. The molecule has 7 heteroatoms. The van der Waals surface area contributed by atoms with Crippen molar-refractivity contribution in [1.29, 1.82) is 0 Å². The highest BCUT2D eigenvalue weighted by atomic mass is 35.5. The average Bonchev–Trinajstić information content (AvgIpc) is 2.44. The van der Waals surface area contributed by atoms with Gasteiger partial charge in [-0.1, -0.05) is 38.4 Å². The first-order valence-corrected chi connectivity index (χ1v) is 7.83. The molecule has 3 N–H and O–H groups in total. The van der Waals surface area contributed by atoms with Gasteiger partial charge in [-0.2, -0.15) is 0 Å². The fraction of sp³-hybridized carbons (Fsp3) is 0.267. The molecule has 0 aliphatic rings. The van der Waals surface area contributed by atoms with Gasteiger partial charge in [0.1, 0.15) is 16.0 Å². The van der Waals surface area contributed by atoms with E-state index in [2.05, 4.69) is 14.7 Å². The normalized spacial score (nSPS) is 11.3. The molecule has 0 saturated heterocycles. The van der Waals surface area contributed by atoms with E-state index in [0.29, 0.717) is 16.4 Å². The highest BCUT2D eigenvalue weighted by Crippen LogP contribution is 2.24. The maximum absolute atomic E-state index is 12.2. The van der Waals surface area contributed by atoms with E-state index in [9.17, 15) is 4.79 Å². The highest BCUT2D eigenvalue weighted by Gasteiger charge is 2.19. The Morgan fingerprint density at radius 1 is 1.23 bits per heavy atom. The Kier molecular flexibility index (Phi) is 4.93. The monoisotopic (exact) mass is 336 g/mol. The third-order valence-electron chi connectivity index (χ3n) is 2.86. The standard InChI is InChI=1S/C15H17ClN4OS/c1-15(2,3)10-8-7-9(13(16)18-10)14(21)20-22-12-6-4-5-11(17)19-12/h4-8H,1-3H3,(H2,17,19)(H,20,21). The van der Waals surface area contributed by atoms with Gasteiger partial charge >= 0.3 is 0 Å². The van der Waals surface area contributed by atoms with E-state index in [4.69, 9.17) is 17.3 Å². The number of halogens is 1. The molecule has 2 aromatic heterocycles. The van der Waals surface area contributed by atoms with Gasteiger partial charge in [-0.3, -0.25) is 9.52 Å². The van der Waals surface area contributed by atoms with Gasteiger partial charge in [0.25, 0.3) is 5.91 Å². The van der Waals surface area contributed by atoms with Crippen LogP contribution < -0.4 is 10.5 Å². The first-order valence-electron chi connectivity index (χ1n) is 6.64. The van der Waals surface area contributed by atoms with Crippen molar-refractivity contribution >= 4 is 35.3 Å². The number of nitrogens with one attached hydrogen (secondary N) is 1. The summed E-state index contributed by atoms with van der Waals surface area (Å²) in [6.45, 7) is 6.10. The molecule has 2 aromatic rings. The second-order valence-electron chi connectivity index (χ2n) is 5.72. The van der Waals surface area contributed by atoms with Crippen molar-refractivity contribution in [2.24, 2.45) is 0 Å². The smallest absolute Gasteiger partial charge is 0.264 e. The van der Waals surface area contributed by atoms with Crippen molar-refractivity contribution in [3.05, 3.63) is 46.7 Å². The number of amides is 1. The van der Waals surface area contributed by atoms with Gasteiger partial charge < -0.3 is 5.73 Å². The maximum atomic E-state index is 12.2. The third-order valence-corrected chi connectivity index (χ3v) is 3.87. The van der Waals surface area contributed by atoms with E-state index in [1.54, 1.807) is 24.3 Å². The van der Waals surface area contributed by atoms with Crippen LogP contribution in [0.5, 0.6) is 0 Å². The number of hydrogen-bond acceptors (Lipinski definition) is 5. The Labute approximate surface area is 138 Å². The number of aromatic nitrogens is 2. The Morgan fingerprint density at radius 3 is 2.55 bits per heavy atom. The zero-order valence-electron chi connectivity index (χ0n) is 12.6. The number of carbonyl (C=O) groups is 1. The third kappa shape index (κ3) is 4.11. The molecule has 0 saturated carbocycles. The molecule has 0 unspecified atom stereocenters. The molecule has 0 aromatic carbocycles. The summed E-state index contributed by atoms with van der Waals surface area (Å²) in [5.74, 6) is 0.0701. The van der Waals surface area contributed by atoms with Crippen LogP contribution in [0.25, 0.3) is 0 Å². The highest BCUT2D eigenvalue weighted by molar-refractivity contribution is 7.97. The second-order valence-corrected chi connectivity index (χ2v) is 6.90. The molecule has 1 amide bonds. The molecular weight excluding hydrogens is 320 g/mol. The number of nitrogen functional groups attached to an aromatic ring is 1. The van der Waals surface area contributed by atoms with E-state index in [1.165, 1.54) is 0 Å². The van der Waals surface area contributed by atoms with Crippen molar-refractivity contribution in [3.63, 3.8) is 0 Å². The van der Waals surface area contributed by atoms with Crippen molar-refractivity contribution in [2.75, 3.05) is 5.73 Å². The lowest BCUT2D eigenvalue weighted by atomic mass is 9.91. The van der Waals surface area contributed by atoms with Gasteiger partial charge in [-0.15, -0.1) is 0 Å². The summed E-state index contributed by atoms with van der Waals surface area (Å²) in [7, 11) is 0. The SMILES string of the molecule is CC(C)(C)c1ccc(C(=O)NSc2cccc(N)n2)c(Cl)n1. The van der Waals surface area contributed by atoms with Crippen LogP contribution in [0.4, 0.5) is 5.82 Å². The Bertz CT molecular complexity index is 700. The predicted octanol–water partition coefficient (Wildman–Crippen LogP) is 3.45. The summed E-state index contributed by atoms with van der Waals surface area (Å²) in [6.07, 6.45) is 0. The van der Waals surface area contributed by atoms with E-state index < -0.39 is 0 Å². The minimum atomic E-state index is -0.327. The lowest BCUT2D eigenvalue weighted by Gasteiger charge is -2.18. The van der Waals surface area contributed by atoms with Gasteiger partial charge in [0.15, 0.2) is 0 Å². The lowest BCUT2D eigenvalue weighted by Crippen LogP contribution is -2.19. The summed E-state index contributed by atoms with van der Waals surface area (Å²) in [5.41, 5.74) is 6.62. The Morgan fingerprint density at radius 2 is 1.95 bits per heavy atom. The van der Waals surface area contributed by atoms with Crippen LogP contribution in [0.15, 0.2) is 35.4 Å². The molecule has 5 nitrogen and oxygen atoms in total. The van der Waals surface area contributed by atoms with Gasteiger partial charge in [-0.25, -0.2) is 9.97 Å². The van der Waals surface area contributed by atoms with Crippen LogP contribution in [0, 0.1) is 0 Å². The van der Waals surface area contributed by atoms with Gasteiger partial charge in [-0.05, 0) is 24.3 Å². The molecular formula is C15H17ClN4OS. The molecule has 0 fully saturated rings. The number of pyridine rings is 2.